The summed E-state index contributed by atoms with van der Waals surface area (Å²) in [4.78, 5) is 0.568. The van der Waals surface area contributed by atoms with Gasteiger partial charge in [-0.25, -0.2) is 0 Å². The predicted molar refractivity (Wildman–Crippen MR) is 68.2 cm³/mol. The molecule has 90 valence electrons. The summed E-state index contributed by atoms with van der Waals surface area (Å²) in [5, 5.41) is 0. The average Bonchev–Trinajstić information content (AvgIpc) is 2.69. The Labute approximate surface area is 102 Å². The molecule has 0 bridgehead atoms. The minimum absolute atomic E-state index is 0.0800. The minimum atomic E-state index is -0.0800. The lowest BCUT2D eigenvalue weighted by molar-refractivity contribution is 0.0990. The molecule has 0 fully saturated rings. The van der Waals surface area contributed by atoms with Gasteiger partial charge < -0.3 is 14.9 Å². The first-order valence-corrected chi connectivity index (χ1v) is 5.83. The van der Waals surface area contributed by atoms with E-state index in [2.05, 4.69) is 13.8 Å². The average molecular weight is 241 g/mol. The molecule has 0 spiro atoms. The van der Waals surface area contributed by atoms with E-state index in [4.69, 9.17) is 27.1 Å². The van der Waals surface area contributed by atoms with Gasteiger partial charge in [0.1, 0.15) is 12.4 Å². The molecule has 0 amide bonds. The Balaban J connectivity index is 2.10. The summed E-state index contributed by atoms with van der Waals surface area (Å²) in [6.45, 7) is 5.34. The maximum Gasteiger partial charge on any atom is 0.129 e. The first kappa shape index (κ1) is 13.2. The smallest absolute Gasteiger partial charge is 0.129 e. The van der Waals surface area contributed by atoms with Crippen molar-refractivity contribution in [1.82, 2.24) is 0 Å². The molecule has 0 saturated heterocycles. The van der Waals surface area contributed by atoms with Crippen molar-refractivity contribution < 1.29 is 9.15 Å². The van der Waals surface area contributed by atoms with Crippen LogP contribution >= 0.6 is 12.2 Å². The lowest BCUT2D eigenvalue weighted by Gasteiger charge is -2.22. The quantitative estimate of drug-likeness (QED) is 0.589. The van der Waals surface area contributed by atoms with Crippen LogP contribution < -0.4 is 5.73 Å². The molecule has 0 saturated carbocycles. The highest BCUT2D eigenvalue weighted by molar-refractivity contribution is 7.80. The highest BCUT2D eigenvalue weighted by Crippen LogP contribution is 2.22. The van der Waals surface area contributed by atoms with Gasteiger partial charge in [-0.3, -0.25) is 0 Å². The Kier molecular flexibility index (Phi) is 4.96. The second-order valence-electron chi connectivity index (χ2n) is 4.48. The van der Waals surface area contributed by atoms with Crippen LogP contribution in [0.3, 0.4) is 0 Å². The summed E-state index contributed by atoms with van der Waals surface area (Å²) >= 11 is 5.00. The molecule has 4 heteroatoms. The first-order valence-electron chi connectivity index (χ1n) is 5.42. The fourth-order valence-electron chi connectivity index (χ4n) is 1.31. The van der Waals surface area contributed by atoms with E-state index in [1.807, 2.05) is 12.1 Å². The van der Waals surface area contributed by atoms with E-state index >= 15 is 0 Å². The van der Waals surface area contributed by atoms with E-state index in [-0.39, 0.29) is 5.41 Å². The molecule has 0 unspecified atom stereocenters. The molecule has 1 rings (SSSR count). The molecule has 0 aliphatic carbocycles. The van der Waals surface area contributed by atoms with Crippen LogP contribution in [-0.4, -0.2) is 11.6 Å². The van der Waals surface area contributed by atoms with Crippen LogP contribution in [0.15, 0.2) is 22.8 Å². The van der Waals surface area contributed by atoms with Gasteiger partial charge in [-0.15, -0.1) is 0 Å². The fraction of sp³-hybridized carbons (Fsp3) is 0.583. The molecule has 3 nitrogen and oxygen atoms in total. The second-order valence-corrected chi connectivity index (χ2v) is 4.92. The molecule has 0 aromatic carbocycles. The Bertz CT molecular complexity index is 320. The SMILES string of the molecule is CC(C)(CCCOCc1ccco1)C(N)=S. The number of rotatable bonds is 7. The molecule has 1 aromatic rings. The van der Waals surface area contributed by atoms with Gasteiger partial charge in [0.15, 0.2) is 0 Å². The molecule has 0 radical (unpaired) electrons. The van der Waals surface area contributed by atoms with Gasteiger partial charge in [-0.2, -0.15) is 0 Å². The van der Waals surface area contributed by atoms with E-state index < -0.39 is 0 Å². The lowest BCUT2D eigenvalue weighted by Crippen LogP contribution is -2.29. The van der Waals surface area contributed by atoms with E-state index in [0.29, 0.717) is 18.2 Å². The second kappa shape index (κ2) is 6.01. The summed E-state index contributed by atoms with van der Waals surface area (Å²) in [5.41, 5.74) is 5.56. The predicted octanol–water partition coefficient (Wildman–Crippen LogP) is 2.89. The summed E-state index contributed by atoms with van der Waals surface area (Å²) in [7, 11) is 0. The molecule has 1 aromatic heterocycles. The highest BCUT2D eigenvalue weighted by Gasteiger charge is 2.20. The van der Waals surface area contributed by atoms with Crippen LogP contribution in [0.5, 0.6) is 0 Å². The van der Waals surface area contributed by atoms with Crippen molar-refractivity contribution >= 4 is 17.2 Å². The third kappa shape index (κ3) is 4.33. The van der Waals surface area contributed by atoms with Crippen molar-refractivity contribution in [3.63, 3.8) is 0 Å². The van der Waals surface area contributed by atoms with Crippen LogP contribution in [0, 0.1) is 5.41 Å². The molecule has 0 atom stereocenters. The third-order valence-corrected chi connectivity index (χ3v) is 3.13. The molecule has 16 heavy (non-hydrogen) atoms. The Morgan fingerprint density at radius 3 is 2.88 bits per heavy atom. The van der Waals surface area contributed by atoms with E-state index in [9.17, 15) is 0 Å². The number of hydrogen-bond donors (Lipinski definition) is 1. The zero-order valence-corrected chi connectivity index (χ0v) is 10.7. The topological polar surface area (TPSA) is 48.4 Å². The van der Waals surface area contributed by atoms with Crippen molar-refractivity contribution in [1.29, 1.82) is 0 Å². The van der Waals surface area contributed by atoms with Crippen molar-refractivity contribution in [3.05, 3.63) is 24.2 Å². The number of thiocarbonyl (C=S) groups is 1. The number of furan rings is 1. The monoisotopic (exact) mass is 241 g/mol. The van der Waals surface area contributed by atoms with Gasteiger partial charge in [0, 0.05) is 12.0 Å². The maximum absolute atomic E-state index is 5.64. The lowest BCUT2D eigenvalue weighted by atomic mass is 9.88. The van der Waals surface area contributed by atoms with Gasteiger partial charge >= 0.3 is 0 Å². The molecule has 1 heterocycles. The Hall–Kier alpha value is -0.870. The van der Waals surface area contributed by atoms with Crippen LogP contribution in [0.2, 0.25) is 0 Å². The van der Waals surface area contributed by atoms with E-state index in [1.54, 1.807) is 6.26 Å². The normalized spacial score (nSPS) is 11.6. The summed E-state index contributed by atoms with van der Waals surface area (Å²) in [6.07, 6.45) is 3.54. The minimum Gasteiger partial charge on any atom is -0.467 e. The Morgan fingerprint density at radius 1 is 1.56 bits per heavy atom. The van der Waals surface area contributed by atoms with Crippen molar-refractivity contribution in [2.45, 2.75) is 33.3 Å². The van der Waals surface area contributed by atoms with Gasteiger partial charge in [0.25, 0.3) is 0 Å². The van der Waals surface area contributed by atoms with Gasteiger partial charge in [0.2, 0.25) is 0 Å². The molecular formula is C12H19NO2S. The van der Waals surface area contributed by atoms with E-state index in [0.717, 1.165) is 18.6 Å². The van der Waals surface area contributed by atoms with Gasteiger partial charge in [0.05, 0.1) is 11.3 Å². The molecular weight excluding hydrogens is 222 g/mol. The van der Waals surface area contributed by atoms with Crippen LogP contribution in [0.4, 0.5) is 0 Å². The van der Waals surface area contributed by atoms with Gasteiger partial charge in [-0.05, 0) is 25.0 Å². The van der Waals surface area contributed by atoms with E-state index in [1.165, 1.54) is 0 Å². The maximum atomic E-state index is 5.64. The molecule has 0 aliphatic heterocycles. The third-order valence-electron chi connectivity index (χ3n) is 2.58. The number of nitrogens with two attached hydrogens (primary N) is 1. The van der Waals surface area contributed by atoms with Crippen LogP contribution in [0.1, 0.15) is 32.4 Å². The van der Waals surface area contributed by atoms with Crippen LogP contribution in [0.25, 0.3) is 0 Å². The first-order chi connectivity index (χ1) is 7.52. The summed E-state index contributed by atoms with van der Waals surface area (Å²) in [6, 6.07) is 3.76. The summed E-state index contributed by atoms with van der Waals surface area (Å²) < 4.78 is 10.6. The molecule has 0 aliphatic rings. The van der Waals surface area contributed by atoms with Gasteiger partial charge in [-0.1, -0.05) is 26.1 Å². The van der Waals surface area contributed by atoms with Crippen molar-refractivity contribution in [2.75, 3.05) is 6.61 Å². The highest BCUT2D eigenvalue weighted by atomic mass is 32.1. The number of hydrogen-bond acceptors (Lipinski definition) is 3. The number of ether oxygens (including phenoxy) is 1. The molecule has 2 N–H and O–H groups in total. The zero-order chi connectivity index (χ0) is 12.0. The largest absolute Gasteiger partial charge is 0.467 e. The zero-order valence-electron chi connectivity index (χ0n) is 9.86. The standard InChI is InChI=1S/C12H19NO2S/c1-12(2,11(13)16)6-4-7-14-9-10-5-3-8-15-10/h3,5,8H,4,6-7,9H2,1-2H3,(H2,13,16). The van der Waals surface area contributed by atoms with Crippen molar-refractivity contribution in [3.8, 4) is 0 Å². The Morgan fingerprint density at radius 2 is 2.31 bits per heavy atom. The van der Waals surface area contributed by atoms with Crippen LogP contribution in [-0.2, 0) is 11.3 Å². The fourth-order valence-corrected chi connectivity index (χ4v) is 1.41. The van der Waals surface area contributed by atoms with Crippen molar-refractivity contribution in [2.24, 2.45) is 11.1 Å². The summed E-state index contributed by atoms with van der Waals surface area (Å²) in [5.74, 6) is 0.855.